The number of aromatic nitrogens is 4. The molecule has 1 saturated carbocycles. The molecule has 3 aromatic heterocycles. The van der Waals surface area contributed by atoms with Crippen molar-refractivity contribution >= 4 is 40.5 Å². The highest BCUT2D eigenvalue weighted by atomic mass is 35.5. The number of halogens is 2. The maximum atomic E-state index is 11.8. The summed E-state index contributed by atoms with van der Waals surface area (Å²) < 4.78 is 14.9. The van der Waals surface area contributed by atoms with Crippen LogP contribution in [0.3, 0.4) is 0 Å². The average Bonchev–Trinajstić information content (AvgIpc) is 4.08. The first-order valence-electron chi connectivity index (χ1n) is 21.0. The summed E-state index contributed by atoms with van der Waals surface area (Å²) >= 11 is 14.2. The third-order valence-electron chi connectivity index (χ3n) is 12.0. The van der Waals surface area contributed by atoms with E-state index in [0.717, 1.165) is 89.7 Å². The predicted octanol–water partition coefficient (Wildman–Crippen LogP) is 9.34. The highest BCUT2D eigenvalue weighted by Gasteiger charge is 2.29. The van der Waals surface area contributed by atoms with E-state index in [0.29, 0.717) is 76.9 Å². The topological polar surface area (TPSA) is 144 Å². The van der Waals surface area contributed by atoms with E-state index in [-0.39, 0.29) is 24.7 Å². The molecule has 0 unspecified atom stereocenters. The molecule has 1 aliphatic heterocycles. The molecule has 6 aromatic rings. The van der Waals surface area contributed by atoms with Gasteiger partial charge in [0.25, 0.3) is 0 Å². The number of hydrogen-bond acceptors (Lipinski definition) is 9. The molecule has 0 radical (unpaired) electrons. The van der Waals surface area contributed by atoms with Crippen LogP contribution in [-0.4, -0.2) is 43.9 Å². The average molecular weight is 855 g/mol. The van der Waals surface area contributed by atoms with Crippen LogP contribution in [-0.2, 0) is 35.6 Å². The molecule has 13 heteroatoms. The molecule has 3 aromatic carbocycles. The van der Waals surface area contributed by atoms with Crippen molar-refractivity contribution in [3.8, 4) is 40.1 Å². The largest absolute Gasteiger partial charge is 0.488 e. The van der Waals surface area contributed by atoms with Crippen LogP contribution in [0, 0.1) is 17.2 Å². The third kappa shape index (κ3) is 9.13. The number of pyridine rings is 2. The number of ether oxygens (including phenoxy) is 2. The number of nitrogens with zero attached hydrogens (tertiary/aromatic N) is 5. The Labute approximate surface area is 364 Å². The lowest BCUT2D eigenvalue weighted by molar-refractivity contribution is -0.119. The molecule has 2 fully saturated rings. The van der Waals surface area contributed by atoms with Crippen LogP contribution in [0.4, 0.5) is 0 Å². The van der Waals surface area contributed by atoms with Gasteiger partial charge in [0.1, 0.15) is 36.1 Å². The van der Waals surface area contributed by atoms with Crippen LogP contribution in [0.2, 0.25) is 10.0 Å². The van der Waals surface area contributed by atoms with Crippen LogP contribution in [0.25, 0.3) is 28.2 Å². The minimum atomic E-state index is -0.250. The number of carbonyl (C=O) groups excluding carboxylic acids is 2. The number of ketones is 1. The molecule has 9 rings (SSSR count). The summed E-state index contributed by atoms with van der Waals surface area (Å²) in [4.78, 5) is 32.5. The Bertz CT molecular complexity index is 2680. The molecular weight excluding hydrogens is 809 g/mol. The van der Waals surface area contributed by atoms with Gasteiger partial charge in [0.2, 0.25) is 5.91 Å². The second-order valence-electron chi connectivity index (χ2n) is 16.3. The standard InChI is InChI=1S/C48H45Cl2N7O4/c49-41-20-33(4-1-5-34-12-17-46(59)54-34)43(60-28-32-18-31(22-51)25-53-26-32)21-44(41)61-42-15-14-37-36(6-2-7-38(37)42)39-8-3-9-40(47(39)50)48-55-45-16-11-30(27-57(45)56-48)24-52-23-29-10-13-35(58)19-29/h2-3,6-9,11,16,18,20-21,25-27,29,34,42,52H,1,4-5,10,12-15,17,19,23-24,28H2,(H,54,59)/t29-,34-,42+/m1/s1. The van der Waals surface area contributed by atoms with E-state index >= 15 is 0 Å². The van der Waals surface area contributed by atoms with Gasteiger partial charge in [-0.15, -0.1) is 5.10 Å². The summed E-state index contributed by atoms with van der Waals surface area (Å²) in [5.41, 5.74) is 8.93. The van der Waals surface area contributed by atoms with Crippen molar-refractivity contribution in [3.63, 3.8) is 0 Å². The molecule has 11 nitrogen and oxygen atoms in total. The SMILES string of the molecule is N#Cc1cncc(COc2cc(O[C@H]3CCc4c(-c5cccc(-c6nc7ccc(CNC[C@@H]8CCC(=O)C8)cn7n6)c5Cl)cccc43)c(Cl)cc2CCC[C@@H]2CCC(=O)N2)c1. The highest BCUT2D eigenvalue weighted by Crippen LogP contribution is 2.45. The fourth-order valence-corrected chi connectivity index (χ4v) is 9.45. The highest BCUT2D eigenvalue weighted by molar-refractivity contribution is 6.36. The number of Topliss-reactive ketones (excluding diaryl/α,β-unsaturated/α-hetero) is 1. The molecule has 2 N–H and O–H groups in total. The molecule has 4 heterocycles. The van der Waals surface area contributed by atoms with Crippen LogP contribution in [0.1, 0.15) is 90.9 Å². The fourth-order valence-electron chi connectivity index (χ4n) is 8.90. The van der Waals surface area contributed by atoms with E-state index in [2.05, 4.69) is 39.9 Å². The Morgan fingerprint density at radius 1 is 0.918 bits per heavy atom. The van der Waals surface area contributed by atoms with Crippen LogP contribution in [0.5, 0.6) is 11.5 Å². The number of benzene rings is 3. The molecule has 0 bridgehead atoms. The van der Waals surface area contributed by atoms with Gasteiger partial charge in [0.05, 0.1) is 15.6 Å². The van der Waals surface area contributed by atoms with Gasteiger partial charge < -0.3 is 20.1 Å². The minimum absolute atomic E-state index is 0.110. The van der Waals surface area contributed by atoms with E-state index < -0.39 is 0 Å². The minimum Gasteiger partial charge on any atom is -0.488 e. The van der Waals surface area contributed by atoms with Crippen LogP contribution < -0.4 is 20.1 Å². The molecule has 61 heavy (non-hydrogen) atoms. The van der Waals surface area contributed by atoms with Crippen molar-refractivity contribution in [1.82, 2.24) is 30.2 Å². The summed E-state index contributed by atoms with van der Waals surface area (Å²) in [6, 6.07) is 24.1. The predicted molar refractivity (Wildman–Crippen MR) is 233 cm³/mol. The van der Waals surface area contributed by atoms with Gasteiger partial charge in [-0.1, -0.05) is 59.6 Å². The zero-order chi connectivity index (χ0) is 41.9. The number of hydrogen-bond donors (Lipinski definition) is 2. The molecule has 2 aliphatic carbocycles. The summed E-state index contributed by atoms with van der Waals surface area (Å²) in [5, 5.41) is 21.9. The zero-order valence-corrected chi connectivity index (χ0v) is 35.1. The smallest absolute Gasteiger partial charge is 0.220 e. The van der Waals surface area contributed by atoms with Gasteiger partial charge in [-0.3, -0.25) is 14.6 Å². The summed E-state index contributed by atoms with van der Waals surface area (Å²) in [6.45, 7) is 1.73. The molecule has 1 amide bonds. The first-order valence-corrected chi connectivity index (χ1v) is 21.8. The van der Waals surface area contributed by atoms with Crippen molar-refractivity contribution in [2.75, 3.05) is 6.54 Å². The summed E-state index contributed by atoms with van der Waals surface area (Å²) in [5.74, 6) is 2.61. The Hall–Kier alpha value is -5.80. The van der Waals surface area contributed by atoms with Crippen molar-refractivity contribution in [3.05, 3.63) is 129 Å². The Kier molecular flexibility index (Phi) is 12.0. The van der Waals surface area contributed by atoms with Crippen LogP contribution in [0.15, 0.2) is 85.3 Å². The first kappa shape index (κ1) is 40.6. The number of aryl methyl sites for hydroxylation is 1. The monoisotopic (exact) mass is 853 g/mol. The van der Waals surface area contributed by atoms with E-state index in [1.165, 1.54) is 11.8 Å². The molecule has 3 aliphatic rings. The van der Waals surface area contributed by atoms with Gasteiger partial charge in [0, 0.05) is 73.2 Å². The van der Waals surface area contributed by atoms with Gasteiger partial charge in [0.15, 0.2) is 11.5 Å². The van der Waals surface area contributed by atoms with Gasteiger partial charge in [-0.25, -0.2) is 9.50 Å². The second kappa shape index (κ2) is 18.0. The lowest BCUT2D eigenvalue weighted by atomic mass is 9.95. The maximum Gasteiger partial charge on any atom is 0.220 e. The Morgan fingerprint density at radius 3 is 2.62 bits per heavy atom. The quantitative estimate of drug-likeness (QED) is 0.103. The number of rotatable bonds is 15. The van der Waals surface area contributed by atoms with Crippen molar-refractivity contribution in [2.24, 2.45) is 5.92 Å². The van der Waals surface area contributed by atoms with Gasteiger partial charge in [-0.2, -0.15) is 5.26 Å². The van der Waals surface area contributed by atoms with E-state index in [1.807, 2.05) is 48.7 Å². The van der Waals surface area contributed by atoms with Crippen LogP contribution >= 0.6 is 23.2 Å². The van der Waals surface area contributed by atoms with E-state index in [9.17, 15) is 14.9 Å². The normalized spacial score (nSPS) is 18.3. The fraction of sp³-hybridized carbons (Fsp3) is 0.333. The van der Waals surface area contributed by atoms with Crippen molar-refractivity contribution in [1.29, 1.82) is 5.26 Å². The number of fused-ring (bicyclic) bond motifs is 2. The molecule has 0 spiro atoms. The maximum absolute atomic E-state index is 11.8. The van der Waals surface area contributed by atoms with Gasteiger partial charge >= 0.3 is 0 Å². The van der Waals surface area contributed by atoms with Crippen molar-refractivity contribution in [2.45, 2.75) is 89.5 Å². The van der Waals surface area contributed by atoms with Crippen molar-refractivity contribution < 1.29 is 19.1 Å². The lowest BCUT2D eigenvalue weighted by Gasteiger charge is -2.20. The third-order valence-corrected chi connectivity index (χ3v) is 12.7. The molecule has 3 atom stereocenters. The Morgan fingerprint density at radius 2 is 1.79 bits per heavy atom. The lowest BCUT2D eigenvalue weighted by Crippen LogP contribution is -2.25. The number of carbonyl (C=O) groups is 2. The molecular formula is C48H45Cl2N7O4. The molecule has 1 saturated heterocycles. The first-order chi connectivity index (χ1) is 29.8. The van der Waals surface area contributed by atoms with E-state index in [4.69, 9.17) is 42.8 Å². The number of amides is 1. The Balaban J connectivity index is 0.930. The number of nitrogens with one attached hydrogen (secondary N) is 2. The second-order valence-corrected chi connectivity index (χ2v) is 17.1. The summed E-state index contributed by atoms with van der Waals surface area (Å²) in [7, 11) is 0. The summed E-state index contributed by atoms with van der Waals surface area (Å²) in [6.07, 6.45) is 12.7. The van der Waals surface area contributed by atoms with Gasteiger partial charge in [-0.05, 0) is 109 Å². The van der Waals surface area contributed by atoms with E-state index in [1.54, 1.807) is 16.8 Å². The zero-order valence-electron chi connectivity index (χ0n) is 33.6. The number of nitriles is 1. The molecule has 310 valence electrons.